The molecule has 4 heteroatoms. The Balaban J connectivity index is 0.00000132. The average Bonchev–Trinajstić information content (AvgIpc) is 2.65. The van der Waals surface area contributed by atoms with Crippen LogP contribution in [0.15, 0.2) is 12.1 Å². The minimum Gasteiger partial charge on any atom is -0.328 e. The topological polar surface area (TPSA) is 29.9 Å². The van der Waals surface area contributed by atoms with Crippen molar-refractivity contribution in [1.82, 2.24) is 14.9 Å². The third kappa shape index (κ3) is 2.27. The smallest absolute Gasteiger partial charge is 0.106 e. The lowest BCUT2D eigenvalue weighted by Gasteiger charge is -2.26. The molecule has 21 heavy (non-hydrogen) atoms. The van der Waals surface area contributed by atoms with E-state index in [1.807, 2.05) is 0 Å². The summed E-state index contributed by atoms with van der Waals surface area (Å²) in [6, 6.07) is 4.83. The van der Waals surface area contributed by atoms with Crippen LogP contribution in [-0.4, -0.2) is 22.6 Å². The third-order valence-corrected chi connectivity index (χ3v) is 5.12. The standard InChI is InChI=1S/C17H23N3.ClH/c1-3-6-20-11(2)19-16-7-14-12-4-5-13(10-18-9-12)15(14)8-17(16)20;/h7-8,12-13,18H,3-6,9-10H2,1-2H3;1H. The number of nitrogens with zero attached hydrogens (tertiary/aromatic N) is 2. The highest BCUT2D eigenvalue weighted by Crippen LogP contribution is 2.42. The summed E-state index contributed by atoms with van der Waals surface area (Å²) in [5.41, 5.74) is 5.70. The van der Waals surface area contributed by atoms with Gasteiger partial charge in [-0.25, -0.2) is 4.98 Å². The number of nitrogens with one attached hydrogen (secondary N) is 1. The van der Waals surface area contributed by atoms with Gasteiger partial charge in [-0.05, 0) is 61.3 Å². The van der Waals surface area contributed by atoms with E-state index < -0.39 is 0 Å². The Morgan fingerprint density at radius 1 is 1.19 bits per heavy atom. The summed E-state index contributed by atoms with van der Waals surface area (Å²) in [7, 11) is 0. The van der Waals surface area contributed by atoms with Crippen LogP contribution in [0.25, 0.3) is 11.0 Å². The summed E-state index contributed by atoms with van der Waals surface area (Å²) in [6.45, 7) is 7.74. The second kappa shape index (κ2) is 5.62. The van der Waals surface area contributed by atoms with Crippen molar-refractivity contribution in [2.75, 3.05) is 13.1 Å². The predicted octanol–water partition coefficient (Wildman–Crippen LogP) is 3.74. The Morgan fingerprint density at radius 2 is 1.86 bits per heavy atom. The van der Waals surface area contributed by atoms with Gasteiger partial charge in [-0.15, -0.1) is 12.4 Å². The Bertz CT molecular complexity index is 658. The first-order valence-electron chi connectivity index (χ1n) is 7.99. The number of benzene rings is 1. The molecule has 2 aliphatic heterocycles. The van der Waals surface area contributed by atoms with Crippen molar-refractivity contribution in [2.45, 2.75) is 51.5 Å². The summed E-state index contributed by atoms with van der Waals surface area (Å²) < 4.78 is 2.39. The number of rotatable bonds is 2. The van der Waals surface area contributed by atoms with Gasteiger partial charge in [-0.2, -0.15) is 0 Å². The van der Waals surface area contributed by atoms with Crippen molar-refractivity contribution in [1.29, 1.82) is 0 Å². The molecule has 114 valence electrons. The zero-order valence-corrected chi connectivity index (χ0v) is 13.7. The Labute approximate surface area is 132 Å². The maximum absolute atomic E-state index is 4.80. The van der Waals surface area contributed by atoms with Crippen molar-refractivity contribution in [2.24, 2.45) is 0 Å². The molecule has 5 rings (SSSR count). The molecule has 2 atom stereocenters. The van der Waals surface area contributed by atoms with E-state index in [4.69, 9.17) is 4.98 Å². The molecule has 0 saturated carbocycles. The van der Waals surface area contributed by atoms with Crippen LogP contribution in [0, 0.1) is 6.92 Å². The Kier molecular flexibility index (Phi) is 3.98. The number of halogens is 1. The zero-order chi connectivity index (χ0) is 13.7. The van der Waals surface area contributed by atoms with Crippen LogP contribution in [0.1, 0.15) is 55.0 Å². The van der Waals surface area contributed by atoms with Crippen molar-refractivity contribution in [3.8, 4) is 0 Å². The quantitative estimate of drug-likeness (QED) is 0.916. The van der Waals surface area contributed by atoms with Crippen molar-refractivity contribution in [3.05, 3.63) is 29.1 Å². The van der Waals surface area contributed by atoms with Crippen molar-refractivity contribution in [3.63, 3.8) is 0 Å². The van der Waals surface area contributed by atoms with Gasteiger partial charge in [0, 0.05) is 19.6 Å². The minimum atomic E-state index is 0. The van der Waals surface area contributed by atoms with Crippen LogP contribution in [0.4, 0.5) is 0 Å². The molecule has 0 radical (unpaired) electrons. The average molecular weight is 306 g/mol. The highest BCUT2D eigenvalue weighted by atomic mass is 35.5. The lowest BCUT2D eigenvalue weighted by molar-refractivity contribution is 0.550. The fourth-order valence-electron chi connectivity index (χ4n) is 4.11. The molecule has 3 heterocycles. The third-order valence-electron chi connectivity index (χ3n) is 5.12. The normalized spacial score (nSPS) is 23.7. The maximum Gasteiger partial charge on any atom is 0.106 e. The molecule has 1 saturated heterocycles. The van der Waals surface area contributed by atoms with E-state index in [0.29, 0.717) is 11.8 Å². The number of imidazole rings is 1. The largest absolute Gasteiger partial charge is 0.328 e. The van der Waals surface area contributed by atoms with Gasteiger partial charge in [0.25, 0.3) is 0 Å². The molecule has 2 bridgehead atoms. The number of aryl methyl sites for hydroxylation is 2. The molecule has 3 aliphatic rings. The highest BCUT2D eigenvalue weighted by molar-refractivity contribution is 5.85. The van der Waals surface area contributed by atoms with Crippen LogP contribution in [0.3, 0.4) is 0 Å². The zero-order valence-electron chi connectivity index (χ0n) is 12.9. The Morgan fingerprint density at radius 3 is 2.52 bits per heavy atom. The van der Waals surface area contributed by atoms with Crippen LogP contribution in [-0.2, 0) is 6.54 Å². The maximum atomic E-state index is 4.80. The lowest BCUT2D eigenvalue weighted by atomic mass is 9.78. The van der Waals surface area contributed by atoms with Crippen LogP contribution in [0.2, 0.25) is 0 Å². The van der Waals surface area contributed by atoms with E-state index in [2.05, 4.69) is 35.9 Å². The first kappa shape index (κ1) is 14.9. The fourth-order valence-corrected chi connectivity index (χ4v) is 4.11. The highest BCUT2D eigenvalue weighted by Gasteiger charge is 2.31. The van der Waals surface area contributed by atoms with Crippen molar-refractivity contribution < 1.29 is 0 Å². The minimum absolute atomic E-state index is 0. The Hall–Kier alpha value is -1.06. The van der Waals surface area contributed by atoms with Gasteiger partial charge in [-0.1, -0.05) is 6.92 Å². The van der Waals surface area contributed by atoms with Gasteiger partial charge < -0.3 is 9.88 Å². The van der Waals surface area contributed by atoms with E-state index in [9.17, 15) is 0 Å². The second-order valence-electron chi connectivity index (χ2n) is 6.41. The van der Waals surface area contributed by atoms with Gasteiger partial charge in [0.2, 0.25) is 0 Å². The molecule has 2 unspecified atom stereocenters. The van der Waals surface area contributed by atoms with Gasteiger partial charge in [-0.3, -0.25) is 0 Å². The molecule has 1 aromatic heterocycles. The molecule has 2 aromatic rings. The fraction of sp³-hybridized carbons (Fsp3) is 0.588. The van der Waals surface area contributed by atoms with E-state index in [0.717, 1.165) is 31.9 Å². The number of hydrogen-bond acceptors (Lipinski definition) is 2. The van der Waals surface area contributed by atoms with Gasteiger partial charge >= 0.3 is 0 Å². The van der Waals surface area contributed by atoms with E-state index >= 15 is 0 Å². The van der Waals surface area contributed by atoms with Gasteiger partial charge in [0.05, 0.1) is 11.0 Å². The summed E-state index contributed by atoms with van der Waals surface area (Å²) in [5, 5.41) is 3.63. The number of hydrogen-bond donors (Lipinski definition) is 1. The first-order chi connectivity index (χ1) is 9.78. The van der Waals surface area contributed by atoms with E-state index in [1.54, 1.807) is 11.1 Å². The summed E-state index contributed by atoms with van der Waals surface area (Å²) in [5.74, 6) is 2.57. The summed E-state index contributed by atoms with van der Waals surface area (Å²) >= 11 is 0. The molecule has 1 aliphatic carbocycles. The number of aromatic nitrogens is 2. The van der Waals surface area contributed by atoms with Crippen LogP contribution < -0.4 is 5.32 Å². The lowest BCUT2D eigenvalue weighted by Crippen LogP contribution is -2.18. The van der Waals surface area contributed by atoms with Crippen LogP contribution in [0.5, 0.6) is 0 Å². The molecule has 1 N–H and O–H groups in total. The first-order valence-corrected chi connectivity index (χ1v) is 7.99. The predicted molar refractivity (Wildman–Crippen MR) is 89.6 cm³/mol. The van der Waals surface area contributed by atoms with Gasteiger partial charge in [0.1, 0.15) is 5.82 Å². The monoisotopic (exact) mass is 305 g/mol. The summed E-state index contributed by atoms with van der Waals surface area (Å²) in [4.78, 5) is 4.80. The molecule has 0 spiro atoms. The molecule has 1 aromatic carbocycles. The van der Waals surface area contributed by atoms with Gasteiger partial charge in [0.15, 0.2) is 0 Å². The molecule has 0 amide bonds. The van der Waals surface area contributed by atoms with Crippen molar-refractivity contribution >= 4 is 23.4 Å². The van der Waals surface area contributed by atoms with Crippen LogP contribution >= 0.6 is 12.4 Å². The molecule has 3 nitrogen and oxygen atoms in total. The molecule has 1 fully saturated rings. The SMILES string of the molecule is CCCn1c(C)nc2cc3c(cc21)C1CCC3CNC1.Cl. The van der Waals surface area contributed by atoms with E-state index in [1.165, 1.54) is 23.9 Å². The summed E-state index contributed by atoms with van der Waals surface area (Å²) in [6.07, 6.45) is 3.85. The number of fused-ring (bicyclic) bond motifs is 4. The molecular weight excluding hydrogens is 282 g/mol. The molecular formula is C17H24ClN3. The second-order valence-corrected chi connectivity index (χ2v) is 6.41. The van der Waals surface area contributed by atoms with E-state index in [-0.39, 0.29) is 12.4 Å².